The summed E-state index contributed by atoms with van der Waals surface area (Å²) in [6, 6.07) is 12.0. The van der Waals surface area contributed by atoms with E-state index in [0.717, 1.165) is 3.57 Å². The van der Waals surface area contributed by atoms with Crippen LogP contribution in [-0.2, 0) is 14.3 Å². The van der Waals surface area contributed by atoms with E-state index in [2.05, 4.69) is 27.9 Å². The predicted molar refractivity (Wildman–Crippen MR) is 130 cm³/mol. The number of aliphatic carboxylic acids is 1. The molecule has 0 saturated heterocycles. The fourth-order valence-corrected chi connectivity index (χ4v) is 3.96. The molecule has 0 bridgehead atoms. The smallest absolute Gasteiger partial charge is 0.343 e. The summed E-state index contributed by atoms with van der Waals surface area (Å²) in [7, 11) is 1.23. The molecular weight excluding hydrogens is 555 g/mol. The Hall–Kier alpha value is -3.41. The second kappa shape index (κ2) is 11.1. The number of para-hydroxylation sites is 1. The molecule has 0 radical (unpaired) electrons. The number of benzene rings is 2. The number of carbonyl (C=O) groups excluding carboxylic acids is 3. The molecule has 34 heavy (non-hydrogen) atoms. The van der Waals surface area contributed by atoms with E-state index in [9.17, 15) is 19.2 Å². The number of hydrogen-bond acceptors (Lipinski definition) is 6. The minimum absolute atomic E-state index is 0.112. The Morgan fingerprint density at radius 1 is 1.09 bits per heavy atom. The quantitative estimate of drug-likeness (QED) is 0.277. The maximum atomic E-state index is 12.9. The van der Waals surface area contributed by atoms with Crippen molar-refractivity contribution in [2.24, 2.45) is 0 Å². The SMILES string of the molecule is COC(=O)C1=C(C)N(CCCC(=O)O)C(=O)NC1c1ccccc1OC(=O)c1ccc(I)cc1. The molecule has 0 fully saturated rings. The summed E-state index contributed by atoms with van der Waals surface area (Å²) in [5.41, 5.74) is 1.26. The van der Waals surface area contributed by atoms with Crippen LogP contribution in [0.15, 0.2) is 59.8 Å². The zero-order valence-corrected chi connectivity index (χ0v) is 20.7. The Balaban J connectivity index is 1.96. The third-order valence-corrected chi connectivity index (χ3v) is 6.01. The maximum Gasteiger partial charge on any atom is 0.343 e. The average molecular weight is 578 g/mol. The number of ether oxygens (including phenoxy) is 2. The van der Waals surface area contributed by atoms with Gasteiger partial charge in [-0.2, -0.15) is 0 Å². The molecule has 1 aliphatic rings. The van der Waals surface area contributed by atoms with Crippen molar-refractivity contribution < 1.29 is 33.8 Å². The molecule has 2 aromatic rings. The van der Waals surface area contributed by atoms with Crippen LogP contribution in [0.3, 0.4) is 0 Å². The molecule has 1 aliphatic heterocycles. The normalized spacial score (nSPS) is 15.6. The number of esters is 2. The molecule has 1 heterocycles. The first-order valence-electron chi connectivity index (χ1n) is 10.4. The molecule has 10 heteroatoms. The zero-order chi connectivity index (χ0) is 24.8. The van der Waals surface area contributed by atoms with E-state index >= 15 is 0 Å². The van der Waals surface area contributed by atoms with Gasteiger partial charge in [0.05, 0.1) is 24.3 Å². The van der Waals surface area contributed by atoms with Crippen LogP contribution in [0.4, 0.5) is 4.79 Å². The number of carboxylic acids is 1. The summed E-state index contributed by atoms with van der Waals surface area (Å²) in [6.07, 6.45) is 0.0921. The molecule has 2 amide bonds. The Kier molecular flexibility index (Phi) is 8.26. The highest BCUT2D eigenvalue weighted by Crippen LogP contribution is 2.36. The van der Waals surface area contributed by atoms with Crippen molar-refractivity contribution in [2.45, 2.75) is 25.8 Å². The largest absolute Gasteiger partial charge is 0.481 e. The van der Waals surface area contributed by atoms with Crippen LogP contribution in [0.5, 0.6) is 5.75 Å². The summed E-state index contributed by atoms with van der Waals surface area (Å²) in [4.78, 5) is 50.5. The molecule has 2 aromatic carbocycles. The lowest BCUT2D eigenvalue weighted by molar-refractivity contribution is -0.138. The Morgan fingerprint density at radius 2 is 1.76 bits per heavy atom. The number of nitrogens with zero attached hydrogens (tertiary/aromatic N) is 1. The lowest BCUT2D eigenvalue weighted by Gasteiger charge is -2.35. The third-order valence-electron chi connectivity index (χ3n) is 5.29. The van der Waals surface area contributed by atoms with Gasteiger partial charge >= 0.3 is 23.9 Å². The van der Waals surface area contributed by atoms with Gasteiger partial charge in [-0.15, -0.1) is 0 Å². The van der Waals surface area contributed by atoms with Crippen molar-refractivity contribution in [1.29, 1.82) is 0 Å². The van der Waals surface area contributed by atoms with Gasteiger partial charge in [0, 0.05) is 27.8 Å². The molecule has 0 aliphatic carbocycles. The number of carboxylic acid groups (broad SMARTS) is 1. The summed E-state index contributed by atoms with van der Waals surface area (Å²) in [6.45, 7) is 1.71. The fraction of sp³-hybridized carbons (Fsp3) is 0.250. The number of amides is 2. The van der Waals surface area contributed by atoms with Gasteiger partial charge in [0.1, 0.15) is 5.75 Å². The van der Waals surface area contributed by atoms with Crippen molar-refractivity contribution >= 4 is 46.5 Å². The zero-order valence-electron chi connectivity index (χ0n) is 18.5. The van der Waals surface area contributed by atoms with Gasteiger partial charge in [-0.3, -0.25) is 9.69 Å². The van der Waals surface area contributed by atoms with Crippen molar-refractivity contribution in [3.8, 4) is 5.75 Å². The number of rotatable bonds is 8. The van der Waals surface area contributed by atoms with Gasteiger partial charge < -0.3 is 19.9 Å². The van der Waals surface area contributed by atoms with Crippen LogP contribution in [-0.4, -0.2) is 47.6 Å². The minimum Gasteiger partial charge on any atom is -0.481 e. The monoisotopic (exact) mass is 578 g/mol. The predicted octanol–water partition coefficient (Wildman–Crippen LogP) is 3.89. The first-order valence-corrected chi connectivity index (χ1v) is 11.5. The highest BCUT2D eigenvalue weighted by Gasteiger charge is 2.37. The van der Waals surface area contributed by atoms with Crippen LogP contribution in [0.2, 0.25) is 0 Å². The number of carbonyl (C=O) groups is 4. The van der Waals surface area contributed by atoms with E-state index in [1.54, 1.807) is 55.5 Å². The van der Waals surface area contributed by atoms with Crippen molar-refractivity contribution in [2.75, 3.05) is 13.7 Å². The third kappa shape index (κ3) is 5.74. The highest BCUT2D eigenvalue weighted by atomic mass is 127. The van der Waals surface area contributed by atoms with E-state index in [0.29, 0.717) is 16.8 Å². The van der Waals surface area contributed by atoms with Gasteiger partial charge in [0.15, 0.2) is 0 Å². The van der Waals surface area contributed by atoms with E-state index in [4.69, 9.17) is 14.6 Å². The van der Waals surface area contributed by atoms with Gasteiger partial charge in [0.25, 0.3) is 0 Å². The molecular formula is C24H23IN2O7. The minimum atomic E-state index is -0.978. The molecule has 178 valence electrons. The van der Waals surface area contributed by atoms with E-state index in [1.165, 1.54) is 12.0 Å². The van der Waals surface area contributed by atoms with Crippen LogP contribution >= 0.6 is 22.6 Å². The lowest BCUT2D eigenvalue weighted by Crippen LogP contribution is -2.48. The number of allylic oxidation sites excluding steroid dienone is 1. The van der Waals surface area contributed by atoms with Crippen LogP contribution in [0.1, 0.15) is 41.7 Å². The van der Waals surface area contributed by atoms with Gasteiger partial charge in [-0.05, 0) is 66.3 Å². The molecule has 0 saturated carbocycles. The van der Waals surface area contributed by atoms with Crippen molar-refractivity contribution in [3.63, 3.8) is 0 Å². The first kappa shape index (κ1) is 25.2. The van der Waals surface area contributed by atoms with E-state index in [-0.39, 0.29) is 30.7 Å². The van der Waals surface area contributed by atoms with Crippen molar-refractivity contribution in [3.05, 3.63) is 74.5 Å². The molecule has 2 N–H and O–H groups in total. The van der Waals surface area contributed by atoms with Gasteiger partial charge in [-0.1, -0.05) is 18.2 Å². The summed E-state index contributed by atoms with van der Waals surface area (Å²) < 4.78 is 11.6. The fourth-order valence-electron chi connectivity index (χ4n) is 3.60. The molecule has 3 rings (SSSR count). The van der Waals surface area contributed by atoms with Crippen LogP contribution in [0, 0.1) is 3.57 Å². The Bertz CT molecular complexity index is 1140. The summed E-state index contributed by atoms with van der Waals surface area (Å²) in [5.74, 6) is -2.04. The Morgan fingerprint density at radius 3 is 2.41 bits per heavy atom. The topological polar surface area (TPSA) is 122 Å². The second-order valence-electron chi connectivity index (χ2n) is 7.46. The second-order valence-corrected chi connectivity index (χ2v) is 8.70. The molecule has 0 aromatic heterocycles. The lowest BCUT2D eigenvalue weighted by atomic mass is 9.94. The van der Waals surface area contributed by atoms with Gasteiger partial charge in [-0.25, -0.2) is 14.4 Å². The van der Waals surface area contributed by atoms with E-state index in [1.807, 2.05) is 0 Å². The average Bonchev–Trinajstić information content (AvgIpc) is 2.81. The molecule has 0 spiro atoms. The first-order chi connectivity index (χ1) is 16.2. The molecule has 9 nitrogen and oxygen atoms in total. The molecule has 1 unspecified atom stereocenters. The summed E-state index contributed by atoms with van der Waals surface area (Å²) in [5, 5.41) is 11.7. The van der Waals surface area contributed by atoms with E-state index < -0.39 is 30.0 Å². The Labute approximate surface area is 209 Å². The number of methoxy groups -OCH3 is 1. The summed E-state index contributed by atoms with van der Waals surface area (Å²) >= 11 is 2.13. The maximum absolute atomic E-state index is 12.9. The van der Waals surface area contributed by atoms with Crippen LogP contribution < -0.4 is 10.1 Å². The highest BCUT2D eigenvalue weighted by molar-refractivity contribution is 14.1. The van der Waals surface area contributed by atoms with Crippen LogP contribution in [0.25, 0.3) is 0 Å². The standard InChI is InChI=1S/C24H23IN2O7/c1-14-20(23(31)33-2)21(26-24(32)27(14)13-5-8-19(28)29)17-6-3-4-7-18(17)34-22(30)15-9-11-16(25)12-10-15/h3-4,6-7,9-12,21H,5,8,13H2,1-2H3,(H,26,32)(H,28,29). The molecule has 1 atom stereocenters. The number of nitrogens with one attached hydrogen (secondary N) is 1. The number of halogens is 1. The van der Waals surface area contributed by atoms with Gasteiger partial charge in [0.2, 0.25) is 0 Å². The number of hydrogen-bond donors (Lipinski definition) is 2. The van der Waals surface area contributed by atoms with Crippen molar-refractivity contribution in [1.82, 2.24) is 10.2 Å². The number of urea groups is 1.